The van der Waals surface area contributed by atoms with Crippen molar-refractivity contribution in [1.29, 1.82) is 0 Å². The van der Waals surface area contributed by atoms with Crippen molar-refractivity contribution in [3.05, 3.63) is 32.4 Å². The summed E-state index contributed by atoms with van der Waals surface area (Å²) in [6.45, 7) is -1.41. The minimum Gasteiger partial charge on any atom is -0.479 e. The highest BCUT2D eigenvalue weighted by atomic mass is 32.2. The van der Waals surface area contributed by atoms with Crippen LogP contribution in [0.25, 0.3) is 0 Å². The molecule has 29 heavy (non-hydrogen) atoms. The van der Waals surface area contributed by atoms with Crippen LogP contribution in [0.15, 0.2) is 17.0 Å². The number of nitro groups is 2. The summed E-state index contributed by atoms with van der Waals surface area (Å²) in [5.41, 5.74) is -3.34. The molecule has 18 heteroatoms. The minimum absolute atomic E-state index is 0.235. The highest BCUT2D eigenvalue weighted by Gasteiger charge is 2.76. The number of hydrogen-bond acceptors (Lipinski definition) is 7. The van der Waals surface area contributed by atoms with Crippen LogP contribution in [0.3, 0.4) is 0 Å². The summed E-state index contributed by atoms with van der Waals surface area (Å²) in [7, 11) is -4.67. The van der Waals surface area contributed by atoms with Gasteiger partial charge in [0.05, 0.1) is 14.7 Å². The Morgan fingerprint density at radius 2 is 1.45 bits per heavy atom. The fraction of sp³-hybridized carbons (Fsp3) is 0.364. The SMILES string of the molecule is O=C(O)COc1c([N+](=O)[O-])cc(S(=O)C(F)(F)C(F)(F)C(F)(F)F)cc1[N+](=O)[O-]. The van der Waals surface area contributed by atoms with Crippen LogP contribution in [-0.2, 0) is 15.6 Å². The number of carboxylic acid groups (broad SMARTS) is 1. The van der Waals surface area contributed by atoms with E-state index in [2.05, 4.69) is 4.74 Å². The number of rotatable bonds is 8. The Bertz CT molecular complexity index is 853. The number of carbonyl (C=O) groups is 1. The van der Waals surface area contributed by atoms with Crippen LogP contribution in [-0.4, -0.2) is 49.1 Å². The Morgan fingerprint density at radius 3 is 1.76 bits per heavy atom. The normalized spacial score (nSPS) is 13.6. The zero-order valence-electron chi connectivity index (χ0n) is 13.1. The Morgan fingerprint density at radius 1 is 1.03 bits per heavy atom. The standard InChI is InChI=1S/C11H5F7N2O8S/c12-9(13,10(14,15)16)11(17,18)29(27)4-1-5(19(23)24)8(28-3-7(21)22)6(2-4)20(25)26/h1-2H,3H2,(H,21,22). The lowest BCUT2D eigenvalue weighted by molar-refractivity contribution is -0.396. The van der Waals surface area contributed by atoms with Gasteiger partial charge >= 0.3 is 34.7 Å². The number of alkyl halides is 7. The van der Waals surface area contributed by atoms with Crippen molar-refractivity contribution in [3.8, 4) is 5.75 Å². The number of carboxylic acids is 1. The Labute approximate surface area is 155 Å². The molecule has 1 unspecified atom stereocenters. The lowest BCUT2D eigenvalue weighted by Crippen LogP contribution is -2.54. The molecule has 0 fully saturated rings. The molecule has 0 radical (unpaired) electrons. The van der Waals surface area contributed by atoms with E-state index in [1.165, 1.54) is 0 Å². The average molecular weight is 458 g/mol. The molecule has 0 spiro atoms. The molecule has 1 aromatic rings. The topological polar surface area (TPSA) is 150 Å². The lowest BCUT2D eigenvalue weighted by atomic mass is 10.2. The molecule has 0 aliphatic rings. The molecule has 0 bridgehead atoms. The number of nitro benzene ring substituents is 2. The van der Waals surface area contributed by atoms with E-state index in [0.717, 1.165) is 0 Å². The van der Waals surface area contributed by atoms with Crippen LogP contribution < -0.4 is 4.74 Å². The molecule has 1 rings (SSSR count). The van der Waals surface area contributed by atoms with Gasteiger partial charge in [0.2, 0.25) is 0 Å². The second-order valence-electron chi connectivity index (χ2n) is 4.84. The number of aliphatic carboxylic acids is 1. The third-order valence-electron chi connectivity index (χ3n) is 2.93. The molecule has 0 saturated heterocycles. The van der Waals surface area contributed by atoms with Gasteiger partial charge in [-0.2, -0.15) is 30.7 Å². The second-order valence-corrected chi connectivity index (χ2v) is 6.37. The van der Waals surface area contributed by atoms with Crippen molar-refractivity contribution in [1.82, 2.24) is 0 Å². The Balaban J connectivity index is 3.69. The van der Waals surface area contributed by atoms with E-state index in [9.17, 15) is 60.0 Å². The van der Waals surface area contributed by atoms with Gasteiger partial charge in [0.15, 0.2) is 6.61 Å². The van der Waals surface area contributed by atoms with Crippen molar-refractivity contribution >= 4 is 28.1 Å². The smallest absolute Gasteiger partial charge is 0.461 e. The van der Waals surface area contributed by atoms with E-state index in [1.807, 2.05) is 0 Å². The van der Waals surface area contributed by atoms with E-state index >= 15 is 0 Å². The van der Waals surface area contributed by atoms with Crippen molar-refractivity contribution < 1.29 is 59.4 Å². The molecule has 1 aromatic carbocycles. The third-order valence-corrected chi connectivity index (χ3v) is 4.31. The number of ether oxygens (including phenoxy) is 1. The summed E-state index contributed by atoms with van der Waals surface area (Å²) in [6, 6.07) is -0.471. The van der Waals surface area contributed by atoms with Gasteiger partial charge in [-0.15, -0.1) is 0 Å². The molecule has 0 saturated carbocycles. The maximum Gasteiger partial charge on any atom is 0.461 e. The Hall–Kier alpha value is -3.05. The van der Waals surface area contributed by atoms with Crippen LogP contribution in [0.4, 0.5) is 42.1 Å². The molecular weight excluding hydrogens is 453 g/mol. The van der Waals surface area contributed by atoms with E-state index in [-0.39, 0.29) is 12.1 Å². The van der Waals surface area contributed by atoms with Gasteiger partial charge in [0, 0.05) is 12.1 Å². The van der Waals surface area contributed by atoms with E-state index in [0.29, 0.717) is 0 Å². The molecule has 0 aliphatic carbocycles. The highest BCUT2D eigenvalue weighted by Crippen LogP contribution is 2.50. The summed E-state index contributed by atoms with van der Waals surface area (Å²) in [5.74, 6) is -10.1. The van der Waals surface area contributed by atoms with Crippen molar-refractivity contribution in [2.24, 2.45) is 0 Å². The first-order valence-electron chi connectivity index (χ1n) is 6.50. The zero-order valence-corrected chi connectivity index (χ0v) is 13.9. The summed E-state index contributed by atoms with van der Waals surface area (Å²) in [4.78, 5) is 27.4. The molecule has 0 heterocycles. The van der Waals surface area contributed by atoms with Gasteiger partial charge in [-0.1, -0.05) is 0 Å². The van der Waals surface area contributed by atoms with Crippen molar-refractivity contribution in [2.75, 3.05) is 6.61 Å². The molecule has 10 nitrogen and oxygen atoms in total. The zero-order chi connectivity index (χ0) is 22.9. The predicted molar refractivity (Wildman–Crippen MR) is 75.2 cm³/mol. The summed E-state index contributed by atoms with van der Waals surface area (Å²) < 4.78 is 106. The monoisotopic (exact) mass is 458 g/mol. The fourth-order valence-electron chi connectivity index (χ4n) is 1.66. The number of benzene rings is 1. The molecule has 1 atom stereocenters. The molecule has 162 valence electrons. The van der Waals surface area contributed by atoms with Gasteiger partial charge in [-0.3, -0.25) is 20.2 Å². The Kier molecular flexibility index (Phi) is 6.42. The van der Waals surface area contributed by atoms with Crippen LogP contribution in [0, 0.1) is 20.2 Å². The van der Waals surface area contributed by atoms with Crippen molar-refractivity contribution in [3.63, 3.8) is 0 Å². The molecule has 0 amide bonds. The maximum absolute atomic E-state index is 13.6. The number of halogens is 7. The summed E-state index contributed by atoms with van der Waals surface area (Å²) in [5, 5.41) is 24.0. The first-order valence-corrected chi connectivity index (χ1v) is 7.65. The van der Waals surface area contributed by atoms with Crippen LogP contribution >= 0.6 is 0 Å². The third kappa shape index (κ3) is 4.51. The summed E-state index contributed by atoms with van der Waals surface area (Å²) in [6.07, 6.45) is -6.88. The van der Waals surface area contributed by atoms with Crippen LogP contribution in [0.2, 0.25) is 0 Å². The van der Waals surface area contributed by atoms with E-state index < -0.39 is 72.6 Å². The molecule has 0 aromatic heterocycles. The number of hydrogen-bond donors (Lipinski definition) is 1. The van der Waals surface area contributed by atoms with Crippen molar-refractivity contribution in [2.45, 2.75) is 22.2 Å². The summed E-state index contributed by atoms with van der Waals surface area (Å²) >= 11 is 0. The molecule has 1 N–H and O–H groups in total. The van der Waals surface area contributed by atoms with Gasteiger partial charge in [-0.25, -0.2) is 9.00 Å². The fourth-order valence-corrected chi connectivity index (χ4v) is 2.74. The number of nitrogens with zero attached hydrogens (tertiary/aromatic N) is 2. The average Bonchev–Trinajstić information content (AvgIpc) is 2.56. The van der Waals surface area contributed by atoms with Gasteiger partial charge in [-0.05, 0) is 0 Å². The van der Waals surface area contributed by atoms with Crippen LogP contribution in [0.1, 0.15) is 0 Å². The first kappa shape index (κ1) is 24.0. The molecular formula is C11H5F7N2O8S. The second kappa shape index (κ2) is 7.76. The van der Waals surface area contributed by atoms with E-state index in [1.54, 1.807) is 0 Å². The molecule has 0 aliphatic heterocycles. The van der Waals surface area contributed by atoms with Gasteiger partial charge in [0.25, 0.3) is 5.75 Å². The van der Waals surface area contributed by atoms with Gasteiger partial charge < -0.3 is 9.84 Å². The maximum atomic E-state index is 13.6. The van der Waals surface area contributed by atoms with E-state index in [4.69, 9.17) is 5.11 Å². The van der Waals surface area contributed by atoms with Crippen LogP contribution in [0.5, 0.6) is 5.75 Å². The minimum atomic E-state index is -6.88. The first-order chi connectivity index (χ1) is 12.9. The predicted octanol–water partition coefficient (Wildman–Crippen LogP) is 2.86. The largest absolute Gasteiger partial charge is 0.479 e. The lowest BCUT2D eigenvalue weighted by Gasteiger charge is -2.27. The highest BCUT2D eigenvalue weighted by molar-refractivity contribution is 7.86. The quantitative estimate of drug-likeness (QED) is 0.355. The van der Waals surface area contributed by atoms with Gasteiger partial charge in [0.1, 0.15) is 10.8 Å².